The summed E-state index contributed by atoms with van der Waals surface area (Å²) < 4.78 is 11.3. The van der Waals surface area contributed by atoms with Gasteiger partial charge in [-0.3, -0.25) is 0 Å². The minimum atomic E-state index is -0.543. The maximum Gasteiger partial charge on any atom is 0.161 e. The zero-order valence-electron chi connectivity index (χ0n) is 16.0. The van der Waals surface area contributed by atoms with Crippen LogP contribution in [0.2, 0.25) is 5.15 Å². The van der Waals surface area contributed by atoms with Gasteiger partial charge in [-0.15, -0.1) is 0 Å². The molecule has 0 saturated carbocycles. The van der Waals surface area contributed by atoms with Gasteiger partial charge in [0.1, 0.15) is 11.8 Å². The van der Waals surface area contributed by atoms with E-state index in [2.05, 4.69) is 10.3 Å². The molecule has 0 bridgehead atoms. The smallest absolute Gasteiger partial charge is 0.161 e. The van der Waals surface area contributed by atoms with Crippen molar-refractivity contribution in [3.63, 3.8) is 0 Å². The van der Waals surface area contributed by atoms with E-state index in [-0.39, 0.29) is 12.4 Å². The maximum atomic E-state index is 10.2. The van der Waals surface area contributed by atoms with Crippen molar-refractivity contribution in [2.24, 2.45) is 0 Å². The number of methoxy groups -OCH3 is 1. The first-order chi connectivity index (χ1) is 13.7. The molecule has 2 aromatic carbocycles. The van der Waals surface area contributed by atoms with Crippen LogP contribution in [-0.4, -0.2) is 23.7 Å². The van der Waals surface area contributed by atoms with Crippen molar-refractivity contribution >= 4 is 11.6 Å². The monoisotopic (exact) mass is 433 g/mol. The number of halogens is 2. The van der Waals surface area contributed by atoms with Crippen molar-refractivity contribution in [3.8, 4) is 11.5 Å². The quantitative estimate of drug-likeness (QED) is 0.495. The van der Waals surface area contributed by atoms with Gasteiger partial charge in [0.05, 0.1) is 13.2 Å². The number of hydrogen-bond acceptors (Lipinski definition) is 5. The van der Waals surface area contributed by atoms with Gasteiger partial charge in [-0.1, -0.05) is 54.1 Å². The van der Waals surface area contributed by atoms with Crippen LogP contribution in [0.3, 0.4) is 0 Å². The van der Waals surface area contributed by atoms with Crippen molar-refractivity contribution in [1.29, 1.82) is 0 Å². The summed E-state index contributed by atoms with van der Waals surface area (Å²) in [6.07, 6.45) is 1.14. The van der Waals surface area contributed by atoms with Crippen LogP contribution in [0.5, 0.6) is 11.5 Å². The van der Waals surface area contributed by atoms with Gasteiger partial charge in [0.25, 0.3) is 0 Å². The van der Waals surface area contributed by atoms with Gasteiger partial charge in [-0.05, 0) is 29.3 Å². The summed E-state index contributed by atoms with van der Waals surface area (Å²) in [6.45, 7) is 1.46. The van der Waals surface area contributed by atoms with Crippen molar-refractivity contribution in [2.75, 3.05) is 13.7 Å². The van der Waals surface area contributed by atoms with E-state index < -0.39 is 6.10 Å². The lowest BCUT2D eigenvalue weighted by Crippen LogP contribution is -3.00. The van der Waals surface area contributed by atoms with E-state index >= 15 is 0 Å². The Morgan fingerprint density at radius 3 is 2.48 bits per heavy atom. The van der Waals surface area contributed by atoms with Crippen LogP contribution in [0.4, 0.5) is 0 Å². The summed E-state index contributed by atoms with van der Waals surface area (Å²) in [5.74, 6) is 1.32. The molecule has 0 saturated heterocycles. The van der Waals surface area contributed by atoms with Crippen LogP contribution in [-0.2, 0) is 13.2 Å². The van der Waals surface area contributed by atoms with E-state index in [1.165, 1.54) is 0 Å². The Labute approximate surface area is 182 Å². The molecule has 1 unspecified atom stereocenters. The highest BCUT2D eigenvalue weighted by Crippen LogP contribution is 2.29. The summed E-state index contributed by atoms with van der Waals surface area (Å²) in [6, 6.07) is 19.0. The number of aliphatic hydroxyl groups excluding tert-OH is 1. The largest absolute Gasteiger partial charge is 1.00 e. The Kier molecular flexibility index (Phi) is 9.22. The minimum absolute atomic E-state index is 0. The molecule has 1 atom stereocenters. The van der Waals surface area contributed by atoms with E-state index in [9.17, 15) is 5.11 Å². The Balaban J connectivity index is 0.00000300. The van der Waals surface area contributed by atoms with Gasteiger partial charge in [0, 0.05) is 24.8 Å². The summed E-state index contributed by atoms with van der Waals surface area (Å²) in [5.41, 5.74) is 2.86. The van der Waals surface area contributed by atoms with Gasteiger partial charge in [0.2, 0.25) is 0 Å². The van der Waals surface area contributed by atoms with Gasteiger partial charge in [-0.25, -0.2) is 4.98 Å². The summed E-state index contributed by atoms with van der Waals surface area (Å²) in [7, 11) is 1.61. The number of hydrogen-bond donors (Lipinski definition) is 2. The first-order valence-electron chi connectivity index (χ1n) is 8.99. The highest BCUT2D eigenvalue weighted by Gasteiger charge is 2.09. The number of aromatic nitrogens is 1. The second-order valence-corrected chi connectivity index (χ2v) is 6.71. The van der Waals surface area contributed by atoms with Crippen molar-refractivity contribution in [1.82, 2.24) is 10.3 Å². The Morgan fingerprint density at radius 1 is 1.03 bits per heavy atom. The van der Waals surface area contributed by atoms with Crippen molar-refractivity contribution < 1.29 is 27.0 Å². The average Bonchev–Trinajstić information content (AvgIpc) is 2.74. The number of pyridine rings is 1. The van der Waals surface area contributed by atoms with Crippen LogP contribution in [0.15, 0.2) is 66.9 Å². The van der Waals surface area contributed by atoms with Crippen molar-refractivity contribution in [3.05, 3.63) is 88.7 Å². The lowest BCUT2D eigenvalue weighted by atomic mass is 10.1. The third-order valence-electron chi connectivity index (χ3n) is 4.26. The number of benzene rings is 2. The molecule has 0 amide bonds. The predicted molar refractivity (Wildman–Crippen MR) is 110 cm³/mol. The third kappa shape index (κ3) is 6.91. The fraction of sp³-hybridized carbons (Fsp3) is 0.227. The first-order valence-corrected chi connectivity index (χ1v) is 9.37. The molecule has 0 radical (unpaired) electrons. The molecule has 3 rings (SSSR count). The van der Waals surface area contributed by atoms with Gasteiger partial charge >= 0.3 is 0 Å². The molecular formula is C22H23Cl2N2O3-. The highest BCUT2D eigenvalue weighted by molar-refractivity contribution is 6.29. The van der Waals surface area contributed by atoms with Crippen LogP contribution in [0.25, 0.3) is 0 Å². The third-order valence-corrected chi connectivity index (χ3v) is 4.49. The molecule has 0 fully saturated rings. The molecule has 5 nitrogen and oxygen atoms in total. The normalized spacial score (nSPS) is 11.4. The Bertz CT molecular complexity index is 877. The zero-order chi connectivity index (χ0) is 19.8. The molecule has 0 aliphatic heterocycles. The highest BCUT2D eigenvalue weighted by atomic mass is 35.5. The van der Waals surface area contributed by atoms with E-state index in [4.69, 9.17) is 21.1 Å². The average molecular weight is 434 g/mol. The number of aliphatic hydroxyl groups is 1. The molecule has 0 spiro atoms. The van der Waals surface area contributed by atoms with Gasteiger partial charge in [0.15, 0.2) is 11.5 Å². The molecule has 0 aliphatic rings. The number of nitrogens with zero attached hydrogens (tertiary/aromatic N) is 1. The fourth-order valence-electron chi connectivity index (χ4n) is 2.74. The molecule has 154 valence electrons. The van der Waals surface area contributed by atoms with Gasteiger partial charge < -0.3 is 32.3 Å². The second-order valence-electron chi connectivity index (χ2n) is 6.32. The molecular weight excluding hydrogens is 411 g/mol. The van der Waals surface area contributed by atoms with E-state index in [1.807, 2.05) is 54.6 Å². The molecule has 29 heavy (non-hydrogen) atoms. The second kappa shape index (κ2) is 11.6. The number of ether oxygens (including phenoxy) is 2. The topological polar surface area (TPSA) is 63.6 Å². The van der Waals surface area contributed by atoms with Gasteiger partial charge in [-0.2, -0.15) is 0 Å². The SMILES string of the molecule is COc1cc(CNCC(O)c2ccccc2)ccc1OCc1ccc(Cl)nc1.[Cl-]. The Hall–Kier alpha value is -2.31. The van der Waals surface area contributed by atoms with E-state index in [1.54, 1.807) is 19.4 Å². The summed E-state index contributed by atoms with van der Waals surface area (Å²) in [5, 5.41) is 13.9. The molecule has 2 N–H and O–H groups in total. The molecule has 3 aromatic rings. The Morgan fingerprint density at radius 2 is 1.79 bits per heavy atom. The molecule has 1 heterocycles. The number of rotatable bonds is 9. The lowest BCUT2D eigenvalue weighted by molar-refractivity contribution is -0.00000790. The van der Waals surface area contributed by atoms with E-state index in [0.29, 0.717) is 36.3 Å². The molecule has 7 heteroatoms. The first kappa shape index (κ1) is 23.0. The van der Waals surface area contributed by atoms with Crippen LogP contribution in [0, 0.1) is 0 Å². The number of nitrogens with one attached hydrogen (secondary N) is 1. The maximum absolute atomic E-state index is 10.2. The van der Waals surface area contributed by atoms with Crippen molar-refractivity contribution in [2.45, 2.75) is 19.3 Å². The zero-order valence-corrected chi connectivity index (χ0v) is 17.5. The van der Waals surface area contributed by atoms with Crippen LogP contribution >= 0.6 is 11.6 Å². The standard InChI is InChI=1S/C22H23ClN2O3.ClH/c1-27-21-11-16(12-24-14-19(26)18-5-3-2-4-6-18)7-9-20(21)28-15-17-8-10-22(23)25-13-17;/h2-11,13,19,24,26H,12,14-15H2,1H3;1H/p-1. The summed E-state index contributed by atoms with van der Waals surface area (Å²) in [4.78, 5) is 4.04. The predicted octanol–water partition coefficient (Wildman–Crippen LogP) is 1.15. The van der Waals surface area contributed by atoms with E-state index in [0.717, 1.165) is 16.7 Å². The summed E-state index contributed by atoms with van der Waals surface area (Å²) >= 11 is 5.80. The fourth-order valence-corrected chi connectivity index (χ4v) is 2.85. The van der Waals surface area contributed by atoms with Crippen LogP contribution in [0.1, 0.15) is 22.8 Å². The van der Waals surface area contributed by atoms with Crippen LogP contribution < -0.4 is 27.2 Å². The molecule has 0 aliphatic carbocycles. The lowest BCUT2D eigenvalue weighted by Gasteiger charge is -2.14. The minimum Gasteiger partial charge on any atom is -1.00 e. The molecule has 1 aromatic heterocycles.